The molecule has 1 aromatic carbocycles. The Labute approximate surface area is 165 Å². The lowest BCUT2D eigenvalue weighted by molar-refractivity contribution is 0.197. The van der Waals surface area contributed by atoms with Gasteiger partial charge >= 0.3 is 0 Å². The molecule has 2 aromatic rings. The van der Waals surface area contributed by atoms with Crippen LogP contribution in [0.15, 0.2) is 40.3 Å². The molecule has 3 heterocycles. The molecular formula is C22H28N4O2. The van der Waals surface area contributed by atoms with Crippen molar-refractivity contribution in [3.05, 3.63) is 63.3 Å². The summed E-state index contributed by atoms with van der Waals surface area (Å²) >= 11 is 0. The minimum absolute atomic E-state index is 0.145. The molecular weight excluding hydrogens is 352 g/mol. The van der Waals surface area contributed by atoms with E-state index in [1.54, 1.807) is 0 Å². The number of hydrogen-bond donors (Lipinski definition) is 1. The van der Waals surface area contributed by atoms with Gasteiger partial charge in [0.05, 0.1) is 11.3 Å². The van der Waals surface area contributed by atoms with Gasteiger partial charge in [-0.2, -0.15) is 0 Å². The van der Waals surface area contributed by atoms with E-state index < -0.39 is 0 Å². The Hall–Kier alpha value is -2.47. The van der Waals surface area contributed by atoms with Crippen molar-refractivity contribution in [2.24, 2.45) is 11.1 Å². The Kier molecular flexibility index (Phi) is 5.57. The van der Waals surface area contributed by atoms with Crippen LogP contribution < -0.4 is 5.56 Å². The maximum absolute atomic E-state index is 13.0. The van der Waals surface area contributed by atoms with E-state index in [2.05, 4.69) is 10.1 Å². The highest BCUT2D eigenvalue weighted by Crippen LogP contribution is 2.24. The van der Waals surface area contributed by atoms with Crippen molar-refractivity contribution in [1.82, 2.24) is 14.5 Å². The van der Waals surface area contributed by atoms with Gasteiger partial charge in [-0.3, -0.25) is 14.3 Å². The summed E-state index contributed by atoms with van der Waals surface area (Å²) in [6, 6.07) is 9.88. The van der Waals surface area contributed by atoms with E-state index in [1.807, 2.05) is 41.8 Å². The highest BCUT2D eigenvalue weighted by molar-refractivity contribution is 6.01. The number of rotatable bonds is 4. The lowest BCUT2D eigenvalue weighted by atomic mass is 9.88. The van der Waals surface area contributed by atoms with Crippen molar-refractivity contribution in [3.8, 4) is 0 Å². The van der Waals surface area contributed by atoms with Gasteiger partial charge in [0.1, 0.15) is 5.82 Å². The maximum Gasteiger partial charge on any atom is 0.258 e. The first-order valence-corrected chi connectivity index (χ1v) is 10.3. The molecule has 6 nitrogen and oxygen atoms in total. The fourth-order valence-corrected chi connectivity index (χ4v) is 4.48. The van der Waals surface area contributed by atoms with E-state index in [0.717, 1.165) is 80.1 Å². The zero-order chi connectivity index (χ0) is 19.5. The number of hydrogen-bond acceptors (Lipinski definition) is 5. The molecule has 0 saturated carbocycles. The summed E-state index contributed by atoms with van der Waals surface area (Å²) in [5.41, 5.74) is 3.61. The second-order valence-corrected chi connectivity index (χ2v) is 7.91. The molecule has 4 rings (SSSR count). The van der Waals surface area contributed by atoms with Crippen molar-refractivity contribution < 1.29 is 5.21 Å². The molecule has 6 heteroatoms. The molecule has 2 aliphatic rings. The van der Waals surface area contributed by atoms with E-state index in [0.29, 0.717) is 6.54 Å². The minimum Gasteiger partial charge on any atom is -0.411 e. The zero-order valence-corrected chi connectivity index (χ0v) is 16.5. The summed E-state index contributed by atoms with van der Waals surface area (Å²) in [4.78, 5) is 20.0. The van der Waals surface area contributed by atoms with Gasteiger partial charge in [0.15, 0.2) is 0 Å². The second-order valence-electron chi connectivity index (χ2n) is 7.91. The molecule has 1 saturated heterocycles. The largest absolute Gasteiger partial charge is 0.411 e. The van der Waals surface area contributed by atoms with Crippen LogP contribution in [0.2, 0.25) is 0 Å². The molecule has 28 heavy (non-hydrogen) atoms. The van der Waals surface area contributed by atoms with Crippen molar-refractivity contribution in [2.45, 2.75) is 52.1 Å². The number of likely N-dealkylation sites (tertiary alicyclic amines) is 1. The van der Waals surface area contributed by atoms with Gasteiger partial charge in [0.25, 0.3) is 5.56 Å². The molecule has 1 N–H and O–H groups in total. The van der Waals surface area contributed by atoms with Crippen LogP contribution in [0.4, 0.5) is 0 Å². The normalized spacial score (nSPS) is 18.8. The van der Waals surface area contributed by atoms with Gasteiger partial charge in [-0.1, -0.05) is 35.5 Å². The Morgan fingerprint density at radius 1 is 1.18 bits per heavy atom. The van der Waals surface area contributed by atoms with Gasteiger partial charge in [0.2, 0.25) is 0 Å². The number of benzene rings is 1. The Balaban J connectivity index is 1.45. The lowest BCUT2D eigenvalue weighted by Crippen LogP contribution is -2.39. The van der Waals surface area contributed by atoms with Crippen molar-refractivity contribution in [3.63, 3.8) is 0 Å². The predicted molar refractivity (Wildman–Crippen MR) is 109 cm³/mol. The van der Waals surface area contributed by atoms with Crippen LogP contribution in [0.5, 0.6) is 0 Å². The molecule has 1 aromatic heterocycles. The summed E-state index contributed by atoms with van der Waals surface area (Å²) in [7, 11) is 0. The fraction of sp³-hybridized carbons (Fsp3) is 0.500. The first-order valence-electron chi connectivity index (χ1n) is 10.3. The van der Waals surface area contributed by atoms with Gasteiger partial charge in [0, 0.05) is 31.1 Å². The molecule has 148 valence electrons. The van der Waals surface area contributed by atoms with Crippen LogP contribution in [-0.2, 0) is 19.5 Å². The van der Waals surface area contributed by atoms with Gasteiger partial charge in [-0.15, -0.1) is 0 Å². The van der Waals surface area contributed by atoms with Gasteiger partial charge in [-0.05, 0) is 51.3 Å². The smallest absolute Gasteiger partial charge is 0.258 e. The second kappa shape index (κ2) is 8.27. The number of nitrogens with zero attached hydrogens (tertiary/aromatic N) is 4. The van der Waals surface area contributed by atoms with E-state index in [9.17, 15) is 10.0 Å². The van der Waals surface area contributed by atoms with Gasteiger partial charge in [-0.25, -0.2) is 4.98 Å². The third kappa shape index (κ3) is 3.74. The summed E-state index contributed by atoms with van der Waals surface area (Å²) in [6.07, 6.45) is 4.94. The van der Waals surface area contributed by atoms with E-state index in [-0.39, 0.29) is 11.5 Å². The number of oxime groups is 1. The summed E-state index contributed by atoms with van der Waals surface area (Å²) < 4.78 is 1.88. The Morgan fingerprint density at radius 2 is 1.93 bits per heavy atom. The van der Waals surface area contributed by atoms with E-state index in [1.165, 1.54) is 0 Å². The van der Waals surface area contributed by atoms with E-state index >= 15 is 0 Å². The van der Waals surface area contributed by atoms with Crippen LogP contribution in [0.25, 0.3) is 0 Å². The lowest BCUT2D eigenvalue weighted by Gasteiger charge is -2.32. The Morgan fingerprint density at radius 3 is 2.64 bits per heavy atom. The fourth-order valence-electron chi connectivity index (χ4n) is 4.48. The number of aryl methyl sites for hydroxylation is 2. The van der Waals surface area contributed by atoms with Gasteiger partial charge < -0.3 is 5.21 Å². The SMILES string of the molecule is Cc1nc2n(c(=O)c1CN1CCC(/C(=N/O)c3ccccc3)CC1)CCCC2. The summed E-state index contributed by atoms with van der Waals surface area (Å²) in [5, 5.41) is 13.1. The highest BCUT2D eigenvalue weighted by atomic mass is 16.4. The van der Waals surface area contributed by atoms with Crippen LogP contribution in [-0.4, -0.2) is 38.5 Å². The number of aromatic nitrogens is 2. The minimum atomic E-state index is 0.145. The van der Waals surface area contributed by atoms with Crippen molar-refractivity contribution >= 4 is 5.71 Å². The summed E-state index contributed by atoms with van der Waals surface area (Å²) in [5.74, 6) is 1.19. The highest BCUT2D eigenvalue weighted by Gasteiger charge is 2.26. The van der Waals surface area contributed by atoms with Crippen LogP contribution in [0.1, 0.15) is 48.3 Å². The topological polar surface area (TPSA) is 70.7 Å². The third-order valence-corrected chi connectivity index (χ3v) is 6.11. The maximum atomic E-state index is 13.0. The molecule has 1 fully saturated rings. The van der Waals surface area contributed by atoms with Crippen LogP contribution in [0, 0.1) is 12.8 Å². The standard InChI is InChI=1S/C22H28N4O2/c1-16-19(22(27)26-12-6-5-9-20(26)23-16)15-25-13-10-18(11-14-25)21(24-28)17-7-3-2-4-8-17/h2-4,7-8,18,28H,5-6,9-15H2,1H3/b24-21+. The molecule has 0 radical (unpaired) electrons. The molecule has 0 unspecified atom stereocenters. The Bertz CT molecular complexity index is 912. The first kappa shape index (κ1) is 18.9. The number of piperidine rings is 1. The predicted octanol–water partition coefficient (Wildman–Crippen LogP) is 2.98. The summed E-state index contributed by atoms with van der Waals surface area (Å²) in [6.45, 7) is 5.19. The molecule has 2 aliphatic heterocycles. The molecule has 0 aliphatic carbocycles. The monoisotopic (exact) mass is 380 g/mol. The molecule has 0 amide bonds. The average Bonchev–Trinajstić information content (AvgIpc) is 2.73. The van der Waals surface area contributed by atoms with Crippen LogP contribution >= 0.6 is 0 Å². The molecule has 0 atom stereocenters. The van der Waals surface area contributed by atoms with Crippen molar-refractivity contribution in [1.29, 1.82) is 0 Å². The zero-order valence-electron chi connectivity index (χ0n) is 16.5. The van der Waals surface area contributed by atoms with Crippen molar-refractivity contribution in [2.75, 3.05) is 13.1 Å². The third-order valence-electron chi connectivity index (χ3n) is 6.11. The molecule has 0 bridgehead atoms. The quantitative estimate of drug-likeness (QED) is 0.503. The van der Waals surface area contributed by atoms with Crippen LogP contribution in [0.3, 0.4) is 0 Å². The average molecular weight is 380 g/mol. The first-order chi connectivity index (χ1) is 13.7. The van der Waals surface area contributed by atoms with E-state index in [4.69, 9.17) is 4.98 Å². The molecule has 0 spiro atoms. The number of fused-ring (bicyclic) bond motifs is 1.